The van der Waals surface area contributed by atoms with Gasteiger partial charge in [-0.2, -0.15) is 0 Å². The molecule has 1 unspecified atom stereocenters. The SMILES string of the molecule is CCC(NC(=O)Nc1ccccc1OC)c1ccc2c(c1)CCCC2. The van der Waals surface area contributed by atoms with Gasteiger partial charge >= 0.3 is 6.03 Å². The summed E-state index contributed by atoms with van der Waals surface area (Å²) in [4.78, 5) is 12.4. The molecule has 2 N–H and O–H groups in total. The van der Waals surface area contributed by atoms with E-state index in [1.54, 1.807) is 7.11 Å². The largest absolute Gasteiger partial charge is 0.495 e. The van der Waals surface area contributed by atoms with Crippen LogP contribution in [0.5, 0.6) is 5.75 Å². The van der Waals surface area contributed by atoms with Gasteiger partial charge in [-0.25, -0.2) is 4.79 Å². The van der Waals surface area contributed by atoms with Crippen molar-refractivity contribution in [1.29, 1.82) is 0 Å². The van der Waals surface area contributed by atoms with Crippen molar-refractivity contribution in [3.63, 3.8) is 0 Å². The molecule has 1 aliphatic rings. The third-order valence-electron chi connectivity index (χ3n) is 4.84. The van der Waals surface area contributed by atoms with Crippen molar-refractivity contribution >= 4 is 11.7 Å². The smallest absolute Gasteiger partial charge is 0.319 e. The van der Waals surface area contributed by atoms with E-state index in [4.69, 9.17) is 4.74 Å². The van der Waals surface area contributed by atoms with Gasteiger partial charge in [0.25, 0.3) is 0 Å². The highest BCUT2D eigenvalue weighted by Crippen LogP contribution is 2.27. The fraction of sp³-hybridized carbons (Fsp3) is 0.381. The van der Waals surface area contributed by atoms with Crippen LogP contribution in [0.15, 0.2) is 42.5 Å². The Balaban J connectivity index is 1.70. The normalized spacial score (nSPS) is 14.3. The summed E-state index contributed by atoms with van der Waals surface area (Å²) in [5.41, 5.74) is 4.75. The Morgan fingerprint density at radius 2 is 1.88 bits per heavy atom. The monoisotopic (exact) mass is 338 g/mol. The van der Waals surface area contributed by atoms with Gasteiger partial charge in [0.2, 0.25) is 0 Å². The third kappa shape index (κ3) is 4.13. The van der Waals surface area contributed by atoms with Crippen LogP contribution in [0.25, 0.3) is 0 Å². The Morgan fingerprint density at radius 1 is 1.12 bits per heavy atom. The summed E-state index contributed by atoms with van der Waals surface area (Å²) >= 11 is 0. The number of hydrogen-bond donors (Lipinski definition) is 2. The van der Waals surface area contributed by atoms with Crippen LogP contribution in [0.1, 0.15) is 48.9 Å². The molecule has 25 heavy (non-hydrogen) atoms. The highest BCUT2D eigenvalue weighted by molar-refractivity contribution is 5.91. The maximum absolute atomic E-state index is 12.4. The summed E-state index contributed by atoms with van der Waals surface area (Å²) < 4.78 is 5.28. The second-order valence-corrected chi connectivity index (χ2v) is 6.49. The van der Waals surface area contributed by atoms with Crippen molar-refractivity contribution in [2.75, 3.05) is 12.4 Å². The van der Waals surface area contributed by atoms with Crippen LogP contribution in [0, 0.1) is 0 Å². The molecule has 2 aromatic carbocycles. The summed E-state index contributed by atoms with van der Waals surface area (Å²) in [5.74, 6) is 0.652. The summed E-state index contributed by atoms with van der Waals surface area (Å²) in [5, 5.41) is 5.97. The zero-order chi connectivity index (χ0) is 17.6. The van der Waals surface area contributed by atoms with Gasteiger partial charge in [0.05, 0.1) is 18.8 Å². The van der Waals surface area contributed by atoms with E-state index < -0.39 is 0 Å². The van der Waals surface area contributed by atoms with Gasteiger partial charge in [0, 0.05) is 0 Å². The summed E-state index contributed by atoms with van der Waals surface area (Å²) in [6.07, 6.45) is 5.71. The maximum atomic E-state index is 12.4. The van der Waals surface area contributed by atoms with Crippen molar-refractivity contribution in [3.8, 4) is 5.75 Å². The van der Waals surface area contributed by atoms with Crippen LogP contribution in [0.2, 0.25) is 0 Å². The van der Waals surface area contributed by atoms with E-state index >= 15 is 0 Å². The van der Waals surface area contributed by atoms with Gasteiger partial charge in [0.1, 0.15) is 5.75 Å². The zero-order valence-corrected chi connectivity index (χ0v) is 15.0. The van der Waals surface area contributed by atoms with E-state index in [2.05, 4.69) is 35.8 Å². The molecule has 2 aromatic rings. The minimum absolute atomic E-state index is 0.00179. The molecule has 0 heterocycles. The number of para-hydroxylation sites is 2. The van der Waals surface area contributed by atoms with E-state index in [-0.39, 0.29) is 12.1 Å². The van der Waals surface area contributed by atoms with Gasteiger partial charge < -0.3 is 15.4 Å². The average molecular weight is 338 g/mol. The molecule has 4 nitrogen and oxygen atoms in total. The molecule has 0 saturated carbocycles. The van der Waals surface area contributed by atoms with E-state index in [1.807, 2.05) is 24.3 Å². The third-order valence-corrected chi connectivity index (χ3v) is 4.84. The number of amides is 2. The molecule has 3 rings (SSSR count). The molecular formula is C21H26N2O2. The number of methoxy groups -OCH3 is 1. The fourth-order valence-electron chi connectivity index (χ4n) is 3.46. The first-order valence-corrected chi connectivity index (χ1v) is 9.03. The van der Waals surface area contributed by atoms with Crippen molar-refractivity contribution < 1.29 is 9.53 Å². The lowest BCUT2D eigenvalue weighted by Gasteiger charge is -2.22. The number of urea groups is 1. The van der Waals surface area contributed by atoms with Gasteiger partial charge in [-0.3, -0.25) is 0 Å². The second kappa shape index (κ2) is 8.06. The number of rotatable bonds is 5. The molecule has 0 bridgehead atoms. The van der Waals surface area contributed by atoms with Crippen LogP contribution in [-0.2, 0) is 12.8 Å². The molecule has 0 radical (unpaired) electrons. The molecule has 2 amide bonds. The molecule has 4 heteroatoms. The van der Waals surface area contributed by atoms with Crippen LogP contribution >= 0.6 is 0 Å². The molecule has 0 aliphatic heterocycles. The second-order valence-electron chi connectivity index (χ2n) is 6.49. The quantitative estimate of drug-likeness (QED) is 0.819. The van der Waals surface area contributed by atoms with Gasteiger partial charge in [0.15, 0.2) is 0 Å². The predicted octanol–water partition coefficient (Wildman–Crippen LogP) is 4.85. The van der Waals surface area contributed by atoms with Crippen molar-refractivity contribution in [2.24, 2.45) is 0 Å². The Morgan fingerprint density at radius 3 is 2.64 bits per heavy atom. The topological polar surface area (TPSA) is 50.4 Å². The molecular weight excluding hydrogens is 312 g/mol. The molecule has 0 saturated heterocycles. The highest BCUT2D eigenvalue weighted by atomic mass is 16.5. The number of aryl methyl sites for hydroxylation is 2. The molecule has 1 aliphatic carbocycles. The summed E-state index contributed by atoms with van der Waals surface area (Å²) in [6, 6.07) is 13.9. The predicted molar refractivity (Wildman–Crippen MR) is 101 cm³/mol. The Hall–Kier alpha value is -2.49. The number of fused-ring (bicyclic) bond motifs is 1. The average Bonchev–Trinajstić information content (AvgIpc) is 2.66. The molecule has 132 valence electrons. The number of hydrogen-bond acceptors (Lipinski definition) is 2. The summed E-state index contributed by atoms with van der Waals surface area (Å²) in [7, 11) is 1.60. The standard InChI is InChI=1S/C21H26N2O2/c1-3-18(17-13-12-15-8-4-5-9-16(15)14-17)22-21(24)23-19-10-6-7-11-20(19)25-2/h6-7,10-14,18H,3-5,8-9H2,1-2H3,(H2,22,23,24). The molecule has 1 atom stereocenters. The van der Waals surface area contributed by atoms with E-state index in [9.17, 15) is 4.79 Å². The first-order valence-electron chi connectivity index (χ1n) is 9.03. The molecule has 0 spiro atoms. The maximum Gasteiger partial charge on any atom is 0.319 e. The van der Waals surface area contributed by atoms with Gasteiger partial charge in [-0.1, -0.05) is 37.3 Å². The molecule has 0 fully saturated rings. The van der Waals surface area contributed by atoms with E-state index in [0.29, 0.717) is 11.4 Å². The van der Waals surface area contributed by atoms with Crippen molar-refractivity contribution in [3.05, 3.63) is 59.2 Å². The van der Waals surface area contributed by atoms with Gasteiger partial charge in [-0.15, -0.1) is 0 Å². The Labute approximate surface area is 149 Å². The van der Waals surface area contributed by atoms with Crippen molar-refractivity contribution in [2.45, 2.75) is 45.1 Å². The number of benzene rings is 2. The number of nitrogens with one attached hydrogen (secondary N) is 2. The zero-order valence-electron chi connectivity index (χ0n) is 15.0. The van der Waals surface area contributed by atoms with E-state index in [1.165, 1.54) is 36.0 Å². The summed E-state index contributed by atoms with van der Waals surface area (Å²) in [6.45, 7) is 2.09. The van der Waals surface area contributed by atoms with Crippen LogP contribution in [0.3, 0.4) is 0 Å². The van der Waals surface area contributed by atoms with Gasteiger partial charge in [-0.05, 0) is 60.9 Å². The first kappa shape index (κ1) is 17.3. The number of ether oxygens (including phenoxy) is 1. The lowest BCUT2D eigenvalue weighted by Crippen LogP contribution is -2.32. The lowest BCUT2D eigenvalue weighted by molar-refractivity contribution is 0.248. The minimum Gasteiger partial charge on any atom is -0.495 e. The fourth-order valence-corrected chi connectivity index (χ4v) is 3.46. The Kier molecular flexibility index (Phi) is 5.59. The number of carbonyl (C=O) groups is 1. The minimum atomic E-state index is -0.214. The molecule has 0 aromatic heterocycles. The first-order chi connectivity index (χ1) is 12.2. The van der Waals surface area contributed by atoms with E-state index in [0.717, 1.165) is 12.8 Å². The van der Waals surface area contributed by atoms with Crippen LogP contribution in [0.4, 0.5) is 10.5 Å². The Bertz CT molecular complexity index is 742. The van der Waals surface area contributed by atoms with Crippen LogP contribution in [-0.4, -0.2) is 13.1 Å². The number of carbonyl (C=O) groups excluding carboxylic acids is 1. The number of anilines is 1. The lowest BCUT2D eigenvalue weighted by atomic mass is 9.89. The van der Waals surface area contributed by atoms with Crippen LogP contribution < -0.4 is 15.4 Å². The highest BCUT2D eigenvalue weighted by Gasteiger charge is 2.16. The van der Waals surface area contributed by atoms with Crippen molar-refractivity contribution in [1.82, 2.24) is 5.32 Å².